The van der Waals surface area contributed by atoms with Crippen LogP contribution in [0.2, 0.25) is 0 Å². The molecule has 1 saturated carbocycles. The van der Waals surface area contributed by atoms with Crippen LogP contribution in [0.25, 0.3) is 5.65 Å². The molecule has 3 aliphatic rings. The summed E-state index contributed by atoms with van der Waals surface area (Å²) in [6, 6.07) is 6.41. The molecule has 3 heterocycles. The Morgan fingerprint density at radius 1 is 1.24 bits per heavy atom. The second-order valence-electron chi connectivity index (χ2n) is 10.2. The molecule has 0 unspecified atom stereocenters. The number of ether oxygens (including phenoxy) is 1. The van der Waals surface area contributed by atoms with E-state index >= 15 is 0 Å². The van der Waals surface area contributed by atoms with Gasteiger partial charge in [-0.2, -0.15) is 5.10 Å². The van der Waals surface area contributed by atoms with Crippen LogP contribution in [-0.2, 0) is 11.2 Å². The fraction of sp³-hybridized carbons (Fsp3) is 0.444. The van der Waals surface area contributed by atoms with Crippen molar-refractivity contribution in [3.63, 3.8) is 0 Å². The molecule has 0 N–H and O–H groups in total. The highest BCUT2D eigenvalue weighted by molar-refractivity contribution is 6.12. The Morgan fingerprint density at radius 2 is 2.06 bits per heavy atom. The molecule has 6 nitrogen and oxygen atoms in total. The van der Waals surface area contributed by atoms with Gasteiger partial charge in [-0.15, -0.1) is 0 Å². The fourth-order valence-corrected chi connectivity index (χ4v) is 5.78. The highest BCUT2D eigenvalue weighted by Gasteiger charge is 2.47. The van der Waals surface area contributed by atoms with Gasteiger partial charge in [0.15, 0.2) is 5.65 Å². The van der Waals surface area contributed by atoms with E-state index in [1.54, 1.807) is 29.2 Å². The Hall–Kier alpha value is -3.17. The smallest absolute Gasteiger partial charge is 0.241 e. The third-order valence-electron chi connectivity index (χ3n) is 7.36. The first kappa shape index (κ1) is 20.4. The summed E-state index contributed by atoms with van der Waals surface area (Å²) in [7, 11) is 0. The maximum Gasteiger partial charge on any atom is 0.241 e. The number of ketones is 1. The van der Waals surface area contributed by atoms with Gasteiger partial charge in [-0.25, -0.2) is 9.50 Å². The molecule has 1 aromatic carbocycles. The van der Waals surface area contributed by atoms with E-state index in [1.165, 1.54) is 24.0 Å². The number of carbonyl (C=O) groups excluding carboxylic acids is 1. The zero-order valence-corrected chi connectivity index (χ0v) is 19.2. The van der Waals surface area contributed by atoms with Gasteiger partial charge >= 0.3 is 0 Å². The van der Waals surface area contributed by atoms with E-state index in [0.717, 1.165) is 36.7 Å². The molecule has 172 valence electrons. The zero-order valence-electron chi connectivity index (χ0n) is 19.2. The Bertz CT molecular complexity index is 1310. The predicted molar refractivity (Wildman–Crippen MR) is 131 cm³/mol. The predicted octanol–water partition coefficient (Wildman–Crippen LogP) is 4.37. The third kappa shape index (κ3) is 3.61. The molecule has 0 amide bonds. The summed E-state index contributed by atoms with van der Waals surface area (Å²) in [5, 5.41) is 4.22. The number of morpholine rings is 1. The summed E-state index contributed by atoms with van der Waals surface area (Å²) in [5.74, 6) is 7.29. The number of fused-ring (bicyclic) bond motifs is 2. The van der Waals surface area contributed by atoms with Crippen LogP contribution in [0.4, 0.5) is 5.69 Å². The maximum absolute atomic E-state index is 13.0. The molecule has 0 spiro atoms. The van der Waals surface area contributed by atoms with Crippen molar-refractivity contribution in [1.29, 1.82) is 0 Å². The summed E-state index contributed by atoms with van der Waals surface area (Å²) in [6.45, 7) is 7.92. The van der Waals surface area contributed by atoms with E-state index in [-0.39, 0.29) is 14.1 Å². The molecule has 3 aromatic rings. The van der Waals surface area contributed by atoms with E-state index in [4.69, 9.17) is 4.74 Å². The van der Waals surface area contributed by atoms with Crippen LogP contribution in [0.15, 0.2) is 36.8 Å². The molecule has 2 aromatic heterocycles. The van der Waals surface area contributed by atoms with Crippen LogP contribution >= 0.6 is 0 Å². The zero-order chi connectivity index (χ0) is 22.6. The first-order valence-corrected chi connectivity index (χ1v) is 11.9. The lowest BCUT2D eigenvalue weighted by Crippen LogP contribution is -2.36. The highest BCUT2D eigenvalue weighted by Crippen LogP contribution is 2.58. The van der Waals surface area contributed by atoms with Crippen molar-refractivity contribution in [3.8, 4) is 11.8 Å². The molecule has 1 saturated heterocycles. The number of nitrogens with zero attached hydrogens (tertiary/aromatic N) is 4. The van der Waals surface area contributed by atoms with Crippen LogP contribution in [0, 0.1) is 23.2 Å². The van der Waals surface area contributed by atoms with E-state index in [1.807, 2.05) is 0 Å². The quantitative estimate of drug-likeness (QED) is 0.444. The van der Waals surface area contributed by atoms with Crippen LogP contribution in [0.1, 0.15) is 62.5 Å². The van der Waals surface area contributed by atoms with Gasteiger partial charge in [-0.1, -0.05) is 19.8 Å². The maximum atomic E-state index is 13.0. The first-order chi connectivity index (χ1) is 16.0. The number of hydrogen-bond donors (Lipinski definition) is 0. The largest absolute Gasteiger partial charge is 0.378 e. The average Bonchev–Trinajstić information content (AvgIpc) is 3.48. The summed E-state index contributed by atoms with van der Waals surface area (Å²) >= 11 is 0. The molecular formula is C27H32N4O2. The van der Waals surface area contributed by atoms with E-state index in [9.17, 15) is 4.79 Å². The second kappa shape index (κ2) is 7.71. The third-order valence-corrected chi connectivity index (χ3v) is 7.36. The van der Waals surface area contributed by atoms with Crippen molar-refractivity contribution >= 4 is 17.1 Å². The highest BCUT2D eigenvalue weighted by atomic mass is 16.5. The Balaban J connectivity index is 0.00000144. The van der Waals surface area contributed by atoms with Gasteiger partial charge in [0, 0.05) is 33.9 Å². The standard InChI is InChI=1S/C27H28N4O2.2H2/c1-27(2)16-20-14-19(6-7-24(32)22-17-29-31-9-3-8-28-26(22)31)23(30-10-12-33-13-11-30)15-21(20)25(27)18-4-5-18;;/h3,8-9,14-15,17-18,25H,4-5,10-13,16H2,1-2H3;2*1H/t25-;;/m1../s1. The summed E-state index contributed by atoms with van der Waals surface area (Å²) in [5.41, 5.74) is 6.19. The number of benzene rings is 1. The van der Waals surface area contributed by atoms with E-state index in [2.05, 4.69) is 52.8 Å². The number of Topliss-reactive ketones (excluding diaryl/α,β-unsaturated/α-hetero) is 1. The topological polar surface area (TPSA) is 59.7 Å². The lowest BCUT2D eigenvalue weighted by Gasteiger charge is -2.31. The molecule has 1 atom stereocenters. The average molecular weight is 445 g/mol. The monoisotopic (exact) mass is 444 g/mol. The summed E-state index contributed by atoms with van der Waals surface area (Å²) < 4.78 is 7.20. The molecular weight excluding hydrogens is 412 g/mol. The fourth-order valence-electron chi connectivity index (χ4n) is 5.78. The Morgan fingerprint density at radius 3 is 2.85 bits per heavy atom. The molecule has 1 aliphatic heterocycles. The number of aromatic nitrogens is 3. The van der Waals surface area contributed by atoms with E-state index < -0.39 is 0 Å². The Labute approximate surface area is 196 Å². The van der Waals surface area contributed by atoms with Crippen molar-refractivity contribution in [1.82, 2.24) is 14.6 Å². The number of carbonyl (C=O) groups is 1. The number of rotatable bonds is 3. The van der Waals surface area contributed by atoms with Gasteiger partial charge in [0.05, 0.1) is 30.7 Å². The molecule has 0 radical (unpaired) electrons. The van der Waals surface area contributed by atoms with Crippen molar-refractivity contribution in [2.45, 2.75) is 39.0 Å². The molecule has 2 aliphatic carbocycles. The van der Waals surface area contributed by atoms with Crippen molar-refractivity contribution < 1.29 is 12.4 Å². The van der Waals surface area contributed by atoms with Crippen LogP contribution in [0.5, 0.6) is 0 Å². The minimum atomic E-state index is -0.256. The minimum Gasteiger partial charge on any atom is -0.378 e. The van der Waals surface area contributed by atoms with Crippen LogP contribution in [0.3, 0.4) is 0 Å². The van der Waals surface area contributed by atoms with Crippen molar-refractivity contribution in [2.75, 3.05) is 31.2 Å². The van der Waals surface area contributed by atoms with Gasteiger partial charge in [0.25, 0.3) is 0 Å². The lowest BCUT2D eigenvalue weighted by molar-refractivity contribution is 0.105. The number of anilines is 1. The van der Waals surface area contributed by atoms with Crippen LogP contribution in [-0.4, -0.2) is 46.7 Å². The van der Waals surface area contributed by atoms with Crippen LogP contribution < -0.4 is 4.90 Å². The van der Waals surface area contributed by atoms with Gasteiger partial charge in [-0.3, -0.25) is 4.79 Å². The molecule has 0 bridgehead atoms. The van der Waals surface area contributed by atoms with Crippen molar-refractivity contribution in [2.24, 2.45) is 11.3 Å². The molecule has 6 rings (SSSR count). The van der Waals surface area contributed by atoms with Gasteiger partial charge in [0.1, 0.15) is 0 Å². The second-order valence-corrected chi connectivity index (χ2v) is 10.2. The van der Waals surface area contributed by atoms with Crippen molar-refractivity contribution in [3.05, 3.63) is 59.0 Å². The molecule has 6 heteroatoms. The van der Waals surface area contributed by atoms with Gasteiger partial charge in [0.2, 0.25) is 5.78 Å². The van der Waals surface area contributed by atoms with Gasteiger partial charge in [-0.05, 0) is 71.8 Å². The molecule has 2 fully saturated rings. The Kier molecular flexibility index (Phi) is 4.77. The normalized spacial score (nSPS) is 21.5. The SMILES string of the molecule is CC1(C)Cc2cc(C#CC(=O)c3cnn4cccnc34)c(N3CCOCC3)cc2[C@H]1C1CC1.[HH].[HH]. The summed E-state index contributed by atoms with van der Waals surface area (Å²) in [6.07, 6.45) is 8.73. The summed E-state index contributed by atoms with van der Waals surface area (Å²) in [4.78, 5) is 19.6. The van der Waals surface area contributed by atoms with E-state index in [0.29, 0.717) is 30.3 Å². The lowest BCUT2D eigenvalue weighted by atomic mass is 9.77. The number of hydrogen-bond acceptors (Lipinski definition) is 5. The first-order valence-electron chi connectivity index (χ1n) is 11.9. The molecule has 33 heavy (non-hydrogen) atoms. The minimum absolute atomic E-state index is 0. The van der Waals surface area contributed by atoms with Gasteiger partial charge < -0.3 is 9.64 Å².